The number of nitrogens with zero attached hydrogens (tertiary/aromatic N) is 2. The largest absolute Gasteiger partial charge is 0.352 e. The Morgan fingerprint density at radius 3 is 2.90 bits per heavy atom. The highest BCUT2D eigenvalue weighted by atomic mass is 35.5. The normalized spacial score (nSPS) is 14.8. The summed E-state index contributed by atoms with van der Waals surface area (Å²) in [5, 5.41) is 7.49. The van der Waals surface area contributed by atoms with Gasteiger partial charge in [0.2, 0.25) is 0 Å². The highest BCUT2D eigenvalue weighted by molar-refractivity contribution is 8.18. The van der Waals surface area contributed by atoms with Gasteiger partial charge in [0.25, 0.3) is 5.91 Å². The molecule has 0 aliphatic carbocycles. The van der Waals surface area contributed by atoms with Crippen LogP contribution in [-0.4, -0.2) is 22.1 Å². The van der Waals surface area contributed by atoms with Crippen LogP contribution >= 0.6 is 23.4 Å². The van der Waals surface area contributed by atoms with Gasteiger partial charge in [0.05, 0.1) is 21.1 Å². The highest BCUT2D eigenvalue weighted by Crippen LogP contribution is 2.32. The molecule has 0 saturated heterocycles. The number of amidine groups is 1. The van der Waals surface area contributed by atoms with Crippen LogP contribution in [0.5, 0.6) is 0 Å². The zero-order valence-corrected chi connectivity index (χ0v) is 17.1. The Morgan fingerprint density at radius 2 is 2.07 bits per heavy atom. The minimum Gasteiger partial charge on any atom is -0.352 e. The van der Waals surface area contributed by atoms with Gasteiger partial charge in [-0.2, -0.15) is 4.99 Å². The van der Waals surface area contributed by atoms with E-state index in [2.05, 4.69) is 20.6 Å². The van der Waals surface area contributed by atoms with Gasteiger partial charge in [0.15, 0.2) is 5.17 Å². The van der Waals surface area contributed by atoms with Crippen molar-refractivity contribution in [2.75, 3.05) is 5.32 Å². The molecule has 0 atom stereocenters. The second kappa shape index (κ2) is 8.56. The summed E-state index contributed by atoms with van der Waals surface area (Å²) in [7, 11) is 0. The van der Waals surface area contributed by atoms with Gasteiger partial charge in [0, 0.05) is 18.1 Å². The van der Waals surface area contributed by atoms with E-state index in [9.17, 15) is 9.59 Å². The summed E-state index contributed by atoms with van der Waals surface area (Å²) in [4.78, 5) is 32.1. The molecule has 3 aromatic rings. The average molecular weight is 438 g/mol. The summed E-state index contributed by atoms with van der Waals surface area (Å²) >= 11 is 7.48. The number of anilines is 1. The molecule has 3 amide bonds. The van der Waals surface area contributed by atoms with Crippen LogP contribution in [0.15, 0.2) is 64.6 Å². The lowest BCUT2D eigenvalue weighted by Gasteiger charge is -2.10. The number of aliphatic imine (C=N–C) groups is 1. The van der Waals surface area contributed by atoms with E-state index < -0.39 is 6.03 Å². The third-order valence-electron chi connectivity index (χ3n) is 4.28. The lowest BCUT2D eigenvalue weighted by molar-refractivity contribution is -0.113. The first-order valence-corrected chi connectivity index (χ1v) is 10.1. The maximum absolute atomic E-state index is 12.3. The van der Waals surface area contributed by atoms with E-state index in [0.29, 0.717) is 20.8 Å². The van der Waals surface area contributed by atoms with Crippen LogP contribution in [0.25, 0.3) is 17.0 Å². The lowest BCUT2D eigenvalue weighted by atomic mass is 10.1. The van der Waals surface area contributed by atoms with E-state index in [1.165, 1.54) is 11.8 Å². The summed E-state index contributed by atoms with van der Waals surface area (Å²) in [6.45, 7) is 0.266. The van der Waals surface area contributed by atoms with Crippen molar-refractivity contribution in [2.24, 2.45) is 10.7 Å². The number of benzene rings is 2. The summed E-state index contributed by atoms with van der Waals surface area (Å²) in [5.74, 6) is -0.323. The first kappa shape index (κ1) is 19.9. The van der Waals surface area contributed by atoms with Crippen molar-refractivity contribution in [2.45, 2.75) is 6.54 Å². The number of pyridine rings is 1. The lowest BCUT2D eigenvalue weighted by Crippen LogP contribution is -2.28. The molecule has 0 unspecified atom stereocenters. The number of nitrogens with one attached hydrogen (secondary N) is 2. The predicted octanol–water partition coefficient (Wildman–Crippen LogP) is 4.14. The van der Waals surface area contributed by atoms with Gasteiger partial charge < -0.3 is 16.4 Å². The summed E-state index contributed by atoms with van der Waals surface area (Å²) in [5.41, 5.74) is 8.27. The number of halogens is 1. The van der Waals surface area contributed by atoms with E-state index in [1.807, 2.05) is 30.3 Å². The second-order valence-corrected chi connectivity index (χ2v) is 7.88. The van der Waals surface area contributed by atoms with Gasteiger partial charge in [-0.25, -0.2) is 4.79 Å². The molecule has 7 nitrogen and oxygen atoms in total. The molecule has 0 spiro atoms. The number of rotatable bonds is 4. The van der Waals surface area contributed by atoms with Crippen molar-refractivity contribution in [3.05, 3.63) is 75.8 Å². The Bertz CT molecular complexity index is 1220. The predicted molar refractivity (Wildman–Crippen MR) is 121 cm³/mol. The number of amides is 3. The minimum absolute atomic E-state index is 0.266. The summed E-state index contributed by atoms with van der Waals surface area (Å²) < 4.78 is 0. The fourth-order valence-electron chi connectivity index (χ4n) is 2.88. The third kappa shape index (κ3) is 4.61. The number of carbonyl (C=O) groups excluding carboxylic acids is 2. The van der Waals surface area contributed by atoms with Crippen molar-refractivity contribution in [3.8, 4) is 0 Å². The zero-order chi connectivity index (χ0) is 21.1. The van der Waals surface area contributed by atoms with Crippen LogP contribution in [0.1, 0.15) is 11.1 Å². The number of aromatic nitrogens is 1. The van der Waals surface area contributed by atoms with Crippen molar-refractivity contribution < 1.29 is 9.59 Å². The van der Waals surface area contributed by atoms with Crippen LogP contribution in [0.2, 0.25) is 5.02 Å². The smallest absolute Gasteiger partial charge is 0.312 e. The van der Waals surface area contributed by atoms with Crippen LogP contribution in [0.3, 0.4) is 0 Å². The monoisotopic (exact) mass is 437 g/mol. The molecule has 0 fully saturated rings. The first-order valence-electron chi connectivity index (χ1n) is 8.94. The molecule has 0 radical (unpaired) electrons. The van der Waals surface area contributed by atoms with Crippen molar-refractivity contribution >= 4 is 63.1 Å². The van der Waals surface area contributed by atoms with Crippen molar-refractivity contribution in [1.29, 1.82) is 0 Å². The number of nitrogens with two attached hydrogens (primary N) is 1. The molecule has 9 heteroatoms. The molecular formula is C21H16ClN5O2S. The van der Waals surface area contributed by atoms with Crippen molar-refractivity contribution in [1.82, 2.24) is 10.3 Å². The van der Waals surface area contributed by atoms with Crippen LogP contribution in [0.4, 0.5) is 10.5 Å². The minimum atomic E-state index is -0.611. The van der Waals surface area contributed by atoms with Crippen LogP contribution < -0.4 is 16.4 Å². The molecule has 1 aromatic heterocycles. The number of primary amides is 1. The molecule has 30 heavy (non-hydrogen) atoms. The molecule has 4 N–H and O–H groups in total. The Kier molecular flexibility index (Phi) is 5.69. The van der Waals surface area contributed by atoms with E-state index in [4.69, 9.17) is 17.3 Å². The number of urea groups is 1. The molecule has 0 bridgehead atoms. The Hall–Kier alpha value is -3.36. The standard InChI is InChI=1S/C21H16ClN5O2S/c22-15-5-3-13(11-25-20(23)29)9-17(15)26-21-27-19(28)18(30-21)10-12-4-6-16-14(8-12)2-1-7-24-16/h1-10H,11H2,(H3,23,25,29)(H,26,27,28)/b18-10-. The average Bonchev–Trinajstić information content (AvgIpc) is 3.07. The van der Waals surface area contributed by atoms with Gasteiger partial charge in [0.1, 0.15) is 0 Å². The maximum Gasteiger partial charge on any atom is 0.312 e. The molecule has 0 saturated carbocycles. The number of thioether (sulfide) groups is 1. The van der Waals surface area contributed by atoms with E-state index in [0.717, 1.165) is 22.0 Å². The quantitative estimate of drug-likeness (QED) is 0.531. The SMILES string of the molecule is NC(=O)NCc1ccc(Cl)c(NC2=NC(=O)/C(=C/c3ccc4ncccc4c3)S2)c1. The van der Waals surface area contributed by atoms with Gasteiger partial charge in [-0.05, 0) is 59.3 Å². The molecule has 1 aliphatic rings. The highest BCUT2D eigenvalue weighted by Gasteiger charge is 2.22. The van der Waals surface area contributed by atoms with E-state index in [-0.39, 0.29) is 12.5 Å². The topological polar surface area (TPSA) is 109 Å². The van der Waals surface area contributed by atoms with Gasteiger partial charge in [-0.15, -0.1) is 0 Å². The summed E-state index contributed by atoms with van der Waals surface area (Å²) in [6, 6.07) is 14.3. The molecular weight excluding hydrogens is 422 g/mol. The Morgan fingerprint density at radius 1 is 1.20 bits per heavy atom. The fraction of sp³-hybridized carbons (Fsp3) is 0.0476. The van der Waals surface area contributed by atoms with Gasteiger partial charge >= 0.3 is 6.03 Å². The second-order valence-electron chi connectivity index (χ2n) is 6.45. The third-order valence-corrected chi connectivity index (χ3v) is 5.51. The van der Waals surface area contributed by atoms with Crippen LogP contribution in [-0.2, 0) is 11.3 Å². The van der Waals surface area contributed by atoms with Gasteiger partial charge in [-0.1, -0.05) is 29.8 Å². The zero-order valence-electron chi connectivity index (χ0n) is 15.6. The van der Waals surface area contributed by atoms with E-state index >= 15 is 0 Å². The van der Waals surface area contributed by atoms with Crippen LogP contribution in [0, 0.1) is 0 Å². The number of carbonyl (C=O) groups is 2. The molecule has 2 aromatic carbocycles. The fourth-order valence-corrected chi connectivity index (χ4v) is 3.87. The number of fused-ring (bicyclic) bond motifs is 1. The molecule has 150 valence electrons. The summed E-state index contributed by atoms with van der Waals surface area (Å²) in [6.07, 6.45) is 3.54. The molecule has 1 aliphatic heterocycles. The maximum atomic E-state index is 12.3. The molecule has 2 heterocycles. The first-order chi connectivity index (χ1) is 14.5. The number of hydrogen-bond acceptors (Lipinski definition) is 5. The Labute approximate surface area is 181 Å². The van der Waals surface area contributed by atoms with E-state index in [1.54, 1.807) is 30.5 Å². The molecule has 4 rings (SSSR count). The Balaban J connectivity index is 1.50. The van der Waals surface area contributed by atoms with Crippen molar-refractivity contribution in [3.63, 3.8) is 0 Å². The van der Waals surface area contributed by atoms with Gasteiger partial charge in [-0.3, -0.25) is 9.78 Å². The number of hydrogen-bond donors (Lipinski definition) is 3.